The van der Waals surface area contributed by atoms with E-state index in [2.05, 4.69) is 5.32 Å². The van der Waals surface area contributed by atoms with Gasteiger partial charge >= 0.3 is 0 Å². The van der Waals surface area contributed by atoms with Gasteiger partial charge in [-0.05, 0) is 61.0 Å². The van der Waals surface area contributed by atoms with Gasteiger partial charge in [0.25, 0.3) is 10.0 Å². The van der Waals surface area contributed by atoms with E-state index < -0.39 is 28.3 Å². The molecule has 0 aliphatic heterocycles. The summed E-state index contributed by atoms with van der Waals surface area (Å²) in [6.45, 7) is 1.84. The molecule has 0 radical (unpaired) electrons. The predicted molar refractivity (Wildman–Crippen MR) is 138 cm³/mol. The van der Waals surface area contributed by atoms with Crippen molar-refractivity contribution < 1.29 is 17.6 Å². The van der Waals surface area contributed by atoms with Gasteiger partial charge in [0.15, 0.2) is 0 Å². The Hall–Kier alpha value is -2.26. The Balaban J connectivity index is 1.62. The van der Waals surface area contributed by atoms with Crippen molar-refractivity contribution in [1.82, 2.24) is 5.32 Å². The van der Waals surface area contributed by atoms with Gasteiger partial charge in [0.1, 0.15) is 12.4 Å². The molecule has 3 aromatic carbocycles. The van der Waals surface area contributed by atoms with Gasteiger partial charge in [-0.3, -0.25) is 9.10 Å². The molecule has 0 aliphatic rings. The Kier molecular flexibility index (Phi) is 9.24. The first-order chi connectivity index (χ1) is 16.2. The minimum Gasteiger partial charge on any atom is -0.354 e. The van der Waals surface area contributed by atoms with Crippen molar-refractivity contribution in [1.29, 1.82) is 0 Å². The first-order valence-electron chi connectivity index (χ1n) is 10.3. The van der Waals surface area contributed by atoms with Gasteiger partial charge in [-0.2, -0.15) is 11.8 Å². The number of anilines is 1. The highest BCUT2D eigenvalue weighted by molar-refractivity contribution is 7.98. The van der Waals surface area contributed by atoms with Crippen molar-refractivity contribution in [3.63, 3.8) is 0 Å². The molecule has 0 saturated carbocycles. The molecular weight excluding hydrogens is 518 g/mol. The van der Waals surface area contributed by atoms with Gasteiger partial charge in [0.2, 0.25) is 5.91 Å². The number of hydrogen-bond acceptors (Lipinski definition) is 4. The third kappa shape index (κ3) is 7.12. The minimum absolute atomic E-state index is 0.0977. The second kappa shape index (κ2) is 11.9. The number of thioether (sulfide) groups is 1. The predicted octanol–water partition coefficient (Wildman–Crippen LogP) is 5.69. The quantitative estimate of drug-likeness (QED) is 0.335. The first kappa shape index (κ1) is 26.3. The van der Waals surface area contributed by atoms with Crippen LogP contribution in [0.1, 0.15) is 11.1 Å². The molecule has 0 fully saturated rings. The lowest BCUT2D eigenvalue weighted by Crippen LogP contribution is -2.41. The van der Waals surface area contributed by atoms with Crippen LogP contribution in [0, 0.1) is 12.7 Å². The van der Waals surface area contributed by atoms with Crippen LogP contribution in [0.2, 0.25) is 10.0 Å². The molecule has 5 nitrogen and oxygen atoms in total. The fourth-order valence-electron chi connectivity index (χ4n) is 3.03. The molecule has 1 N–H and O–H groups in total. The molecule has 1 amide bonds. The Labute approximate surface area is 213 Å². The lowest BCUT2D eigenvalue weighted by molar-refractivity contribution is -0.119. The molecule has 10 heteroatoms. The zero-order valence-corrected chi connectivity index (χ0v) is 21.4. The number of amides is 1. The average molecular weight is 541 g/mol. The van der Waals surface area contributed by atoms with Crippen LogP contribution in [0.15, 0.2) is 71.6 Å². The number of benzene rings is 3. The van der Waals surface area contributed by atoms with Gasteiger partial charge in [0.05, 0.1) is 20.6 Å². The second-order valence-electron chi connectivity index (χ2n) is 7.45. The normalized spacial score (nSPS) is 11.3. The van der Waals surface area contributed by atoms with Gasteiger partial charge in [-0.15, -0.1) is 0 Å². The summed E-state index contributed by atoms with van der Waals surface area (Å²) in [5, 5.41) is 3.75. The van der Waals surface area contributed by atoms with Gasteiger partial charge < -0.3 is 5.32 Å². The van der Waals surface area contributed by atoms with Crippen molar-refractivity contribution in [3.05, 3.63) is 93.7 Å². The fourth-order valence-corrected chi connectivity index (χ4v) is 5.58. The van der Waals surface area contributed by atoms with E-state index in [4.69, 9.17) is 23.2 Å². The van der Waals surface area contributed by atoms with Gasteiger partial charge in [-0.1, -0.05) is 47.0 Å². The highest BCUT2D eigenvalue weighted by Crippen LogP contribution is 2.25. The van der Waals surface area contributed by atoms with Crippen LogP contribution in [-0.2, 0) is 20.6 Å². The fraction of sp³-hybridized carbons (Fsp3) is 0.208. The molecule has 0 unspecified atom stereocenters. The van der Waals surface area contributed by atoms with E-state index in [1.165, 1.54) is 12.1 Å². The van der Waals surface area contributed by atoms with Crippen LogP contribution in [0.4, 0.5) is 10.1 Å². The summed E-state index contributed by atoms with van der Waals surface area (Å²) < 4.78 is 40.8. The smallest absolute Gasteiger partial charge is 0.264 e. The van der Waals surface area contributed by atoms with E-state index in [9.17, 15) is 17.6 Å². The van der Waals surface area contributed by atoms with Crippen LogP contribution >= 0.6 is 35.0 Å². The standard InChI is InChI=1S/C24H23Cl2FN2O3S2/c1-17-2-7-20(8-3-17)29(34(31,32)21-9-5-19(27)6-10-21)15-24(30)28-12-13-33-16-18-4-11-22(25)23(26)14-18/h2-11,14H,12-13,15-16H2,1H3,(H,28,30). The summed E-state index contributed by atoms with van der Waals surface area (Å²) in [7, 11) is -4.08. The summed E-state index contributed by atoms with van der Waals surface area (Å²) in [5.41, 5.74) is 2.31. The number of nitrogens with one attached hydrogen (secondary N) is 1. The molecule has 34 heavy (non-hydrogen) atoms. The molecule has 3 aromatic rings. The summed E-state index contributed by atoms with van der Waals surface area (Å²) in [4.78, 5) is 12.5. The number of carbonyl (C=O) groups excluding carboxylic acids is 1. The summed E-state index contributed by atoms with van der Waals surface area (Å²) in [6, 6.07) is 16.7. The van der Waals surface area contributed by atoms with Gasteiger partial charge in [-0.25, -0.2) is 12.8 Å². The molecule has 0 saturated heterocycles. The maximum Gasteiger partial charge on any atom is 0.264 e. The Morgan fingerprint density at radius 3 is 2.32 bits per heavy atom. The van der Waals surface area contributed by atoms with Crippen LogP contribution in [0.25, 0.3) is 0 Å². The van der Waals surface area contributed by atoms with Crippen LogP contribution in [0.3, 0.4) is 0 Å². The molecule has 0 aliphatic carbocycles. The molecule has 0 aromatic heterocycles. The zero-order valence-electron chi connectivity index (χ0n) is 18.3. The summed E-state index contributed by atoms with van der Waals surface area (Å²) in [5.74, 6) is 0.334. The number of aryl methyl sites for hydroxylation is 1. The van der Waals surface area contributed by atoms with Crippen LogP contribution < -0.4 is 9.62 Å². The third-order valence-electron chi connectivity index (χ3n) is 4.83. The van der Waals surface area contributed by atoms with Crippen molar-refractivity contribution in [2.24, 2.45) is 0 Å². The lowest BCUT2D eigenvalue weighted by atomic mass is 10.2. The largest absolute Gasteiger partial charge is 0.354 e. The SMILES string of the molecule is Cc1ccc(N(CC(=O)NCCSCc2ccc(Cl)c(Cl)c2)S(=O)(=O)c2ccc(F)cc2)cc1. The second-order valence-corrected chi connectivity index (χ2v) is 11.2. The third-order valence-corrected chi connectivity index (χ3v) is 8.39. The highest BCUT2D eigenvalue weighted by Gasteiger charge is 2.27. The van der Waals surface area contributed by atoms with Crippen molar-refractivity contribution >= 4 is 56.6 Å². The topological polar surface area (TPSA) is 66.5 Å². The maximum absolute atomic E-state index is 13.3. The molecule has 180 valence electrons. The Morgan fingerprint density at radius 2 is 1.68 bits per heavy atom. The number of nitrogens with zero attached hydrogens (tertiary/aromatic N) is 1. The number of rotatable bonds is 10. The number of sulfonamides is 1. The number of halogens is 3. The van der Waals surface area contributed by atoms with Crippen LogP contribution in [-0.4, -0.2) is 33.2 Å². The van der Waals surface area contributed by atoms with Crippen molar-refractivity contribution in [2.75, 3.05) is 23.1 Å². The molecule has 0 atom stereocenters. The van der Waals surface area contributed by atoms with Crippen molar-refractivity contribution in [3.8, 4) is 0 Å². The Morgan fingerprint density at radius 1 is 1.00 bits per heavy atom. The van der Waals surface area contributed by atoms with E-state index in [-0.39, 0.29) is 4.90 Å². The first-order valence-corrected chi connectivity index (χ1v) is 13.7. The van der Waals surface area contributed by atoms with E-state index in [1.54, 1.807) is 48.2 Å². The molecule has 3 rings (SSSR count). The van der Waals surface area contributed by atoms with E-state index in [0.717, 1.165) is 27.6 Å². The summed E-state index contributed by atoms with van der Waals surface area (Å²) in [6.07, 6.45) is 0. The van der Waals surface area contributed by atoms with Crippen molar-refractivity contribution in [2.45, 2.75) is 17.6 Å². The minimum atomic E-state index is -4.08. The Bertz CT molecular complexity index is 1240. The van der Waals surface area contributed by atoms with E-state index >= 15 is 0 Å². The average Bonchev–Trinajstić information content (AvgIpc) is 2.80. The molecule has 0 spiro atoms. The highest BCUT2D eigenvalue weighted by atomic mass is 35.5. The lowest BCUT2D eigenvalue weighted by Gasteiger charge is -2.24. The molecule has 0 heterocycles. The zero-order chi connectivity index (χ0) is 24.7. The number of hydrogen-bond donors (Lipinski definition) is 1. The van der Waals surface area contributed by atoms with Crippen LogP contribution in [0.5, 0.6) is 0 Å². The maximum atomic E-state index is 13.3. The summed E-state index contributed by atoms with van der Waals surface area (Å²) >= 11 is 13.5. The van der Waals surface area contributed by atoms with E-state index in [1.807, 2.05) is 13.0 Å². The molecule has 0 bridgehead atoms. The van der Waals surface area contributed by atoms with E-state index in [0.29, 0.717) is 33.8 Å². The monoisotopic (exact) mass is 540 g/mol. The molecular formula is C24H23Cl2FN2O3S2. The number of carbonyl (C=O) groups is 1. The van der Waals surface area contributed by atoms with Gasteiger partial charge in [0, 0.05) is 18.1 Å².